The fourth-order valence-electron chi connectivity index (χ4n) is 2.33. The van der Waals surface area contributed by atoms with Gasteiger partial charge in [-0.15, -0.1) is 0 Å². The Morgan fingerprint density at radius 2 is 2.10 bits per heavy atom. The van der Waals surface area contributed by atoms with Gasteiger partial charge in [0, 0.05) is 44.9 Å². The lowest BCUT2D eigenvalue weighted by Crippen LogP contribution is -2.36. The van der Waals surface area contributed by atoms with Crippen LogP contribution in [0.15, 0.2) is 6.20 Å². The van der Waals surface area contributed by atoms with Gasteiger partial charge in [0.2, 0.25) is 11.9 Å². The maximum atomic E-state index is 12.0. The van der Waals surface area contributed by atoms with Crippen LogP contribution in [-0.2, 0) is 4.79 Å². The van der Waals surface area contributed by atoms with Crippen LogP contribution in [0.1, 0.15) is 31.2 Å². The smallest absolute Gasteiger partial charge is 0.224 e. The average Bonchev–Trinajstić information content (AvgIpc) is 2.50. The molecule has 0 aromatic carbocycles. The van der Waals surface area contributed by atoms with Crippen molar-refractivity contribution in [3.63, 3.8) is 0 Å². The first kappa shape index (κ1) is 14.6. The van der Waals surface area contributed by atoms with Crippen molar-refractivity contribution in [1.82, 2.24) is 14.9 Å². The van der Waals surface area contributed by atoms with Crippen molar-refractivity contribution in [3.05, 3.63) is 11.8 Å². The number of hydrogen-bond donors (Lipinski definition) is 2. The number of carbonyl (C=O) groups is 1. The summed E-state index contributed by atoms with van der Waals surface area (Å²) in [5.41, 5.74) is 0.981. The van der Waals surface area contributed by atoms with Crippen LogP contribution in [-0.4, -0.2) is 47.5 Å². The number of aryl methyl sites for hydroxylation is 1. The van der Waals surface area contributed by atoms with Gasteiger partial charge in [-0.25, -0.2) is 4.98 Å². The van der Waals surface area contributed by atoms with Crippen molar-refractivity contribution < 1.29 is 4.79 Å². The van der Waals surface area contributed by atoms with E-state index < -0.39 is 0 Å². The van der Waals surface area contributed by atoms with Crippen LogP contribution in [0.5, 0.6) is 0 Å². The second kappa shape index (κ2) is 7.07. The molecule has 2 rings (SSSR count). The average molecular weight is 277 g/mol. The van der Waals surface area contributed by atoms with Crippen molar-refractivity contribution in [3.8, 4) is 0 Å². The molecule has 0 radical (unpaired) electrons. The zero-order chi connectivity index (χ0) is 14.4. The Hall–Kier alpha value is -1.85. The van der Waals surface area contributed by atoms with E-state index in [9.17, 15) is 4.79 Å². The summed E-state index contributed by atoms with van der Waals surface area (Å²) in [6.07, 6.45) is 5.80. The van der Waals surface area contributed by atoms with Crippen LogP contribution in [0.2, 0.25) is 0 Å². The van der Waals surface area contributed by atoms with E-state index in [2.05, 4.69) is 20.6 Å². The van der Waals surface area contributed by atoms with Gasteiger partial charge in [-0.1, -0.05) is 0 Å². The molecule has 2 heterocycles. The number of rotatable bonds is 5. The molecule has 0 bridgehead atoms. The number of amides is 1. The van der Waals surface area contributed by atoms with E-state index in [4.69, 9.17) is 0 Å². The van der Waals surface area contributed by atoms with E-state index in [0.29, 0.717) is 18.9 Å². The number of aromatic nitrogens is 2. The van der Waals surface area contributed by atoms with Crippen LogP contribution in [0, 0.1) is 6.92 Å². The quantitative estimate of drug-likeness (QED) is 0.856. The van der Waals surface area contributed by atoms with Gasteiger partial charge in [0.25, 0.3) is 0 Å². The Kier molecular flexibility index (Phi) is 5.15. The van der Waals surface area contributed by atoms with E-state index in [1.807, 2.05) is 11.8 Å². The molecular formula is C14H23N5O. The molecule has 1 fully saturated rings. The lowest BCUT2D eigenvalue weighted by Gasteiger charge is -2.26. The SMILES string of the molecule is CNc1ncc(C)c(NCCC(=O)N2CCCCC2)n1. The molecule has 1 aliphatic heterocycles. The van der Waals surface area contributed by atoms with Crippen LogP contribution < -0.4 is 10.6 Å². The zero-order valence-electron chi connectivity index (χ0n) is 12.3. The first-order valence-corrected chi connectivity index (χ1v) is 7.23. The van der Waals surface area contributed by atoms with Crippen molar-refractivity contribution >= 4 is 17.7 Å². The summed E-state index contributed by atoms with van der Waals surface area (Å²) in [6.45, 7) is 4.38. The summed E-state index contributed by atoms with van der Waals surface area (Å²) in [6, 6.07) is 0. The van der Waals surface area contributed by atoms with Crippen LogP contribution in [0.4, 0.5) is 11.8 Å². The maximum Gasteiger partial charge on any atom is 0.224 e. The fourth-order valence-corrected chi connectivity index (χ4v) is 2.33. The molecule has 1 aromatic heterocycles. The number of likely N-dealkylation sites (tertiary alicyclic amines) is 1. The van der Waals surface area contributed by atoms with Crippen LogP contribution in [0.25, 0.3) is 0 Å². The number of piperidine rings is 1. The highest BCUT2D eigenvalue weighted by Crippen LogP contribution is 2.13. The van der Waals surface area contributed by atoms with Crippen LogP contribution in [0.3, 0.4) is 0 Å². The molecular weight excluding hydrogens is 254 g/mol. The third kappa shape index (κ3) is 3.82. The predicted molar refractivity (Wildman–Crippen MR) is 79.9 cm³/mol. The molecule has 1 amide bonds. The van der Waals surface area contributed by atoms with E-state index in [1.165, 1.54) is 6.42 Å². The second-order valence-corrected chi connectivity index (χ2v) is 5.09. The highest BCUT2D eigenvalue weighted by Gasteiger charge is 2.15. The molecule has 0 atom stereocenters. The summed E-state index contributed by atoms with van der Waals surface area (Å²) in [5.74, 6) is 1.61. The molecule has 2 N–H and O–H groups in total. The third-order valence-electron chi connectivity index (χ3n) is 3.54. The number of nitrogens with zero attached hydrogens (tertiary/aromatic N) is 3. The minimum Gasteiger partial charge on any atom is -0.369 e. The van der Waals surface area contributed by atoms with E-state index >= 15 is 0 Å². The maximum absolute atomic E-state index is 12.0. The van der Waals surface area contributed by atoms with Crippen LogP contribution >= 0.6 is 0 Å². The van der Waals surface area contributed by atoms with Gasteiger partial charge in [0.15, 0.2) is 0 Å². The highest BCUT2D eigenvalue weighted by molar-refractivity contribution is 5.76. The Balaban J connectivity index is 1.81. The molecule has 110 valence electrons. The normalized spacial score (nSPS) is 15.0. The molecule has 20 heavy (non-hydrogen) atoms. The second-order valence-electron chi connectivity index (χ2n) is 5.09. The van der Waals surface area contributed by atoms with Gasteiger partial charge in [-0.05, 0) is 26.2 Å². The highest BCUT2D eigenvalue weighted by atomic mass is 16.2. The monoisotopic (exact) mass is 277 g/mol. The largest absolute Gasteiger partial charge is 0.369 e. The fraction of sp³-hybridized carbons (Fsp3) is 0.643. The molecule has 6 nitrogen and oxygen atoms in total. The van der Waals surface area contributed by atoms with Gasteiger partial charge in [-0.2, -0.15) is 4.98 Å². The van der Waals surface area contributed by atoms with Gasteiger partial charge >= 0.3 is 0 Å². The number of hydrogen-bond acceptors (Lipinski definition) is 5. The number of nitrogens with one attached hydrogen (secondary N) is 2. The topological polar surface area (TPSA) is 70.2 Å². The van der Waals surface area contributed by atoms with Crippen molar-refractivity contribution in [2.75, 3.05) is 37.3 Å². The summed E-state index contributed by atoms with van der Waals surface area (Å²) < 4.78 is 0. The minimum absolute atomic E-state index is 0.234. The Morgan fingerprint density at radius 1 is 1.35 bits per heavy atom. The van der Waals surface area contributed by atoms with Gasteiger partial charge in [-0.3, -0.25) is 4.79 Å². The Bertz CT molecular complexity index is 457. The van der Waals surface area contributed by atoms with E-state index in [-0.39, 0.29) is 5.91 Å². The molecule has 1 aromatic rings. The van der Waals surface area contributed by atoms with E-state index in [1.54, 1.807) is 13.2 Å². The minimum atomic E-state index is 0.234. The van der Waals surface area contributed by atoms with Gasteiger partial charge in [0.1, 0.15) is 5.82 Å². The lowest BCUT2D eigenvalue weighted by molar-refractivity contribution is -0.131. The summed E-state index contributed by atoms with van der Waals surface area (Å²) in [7, 11) is 1.79. The standard InChI is InChI=1S/C14H23N5O/c1-11-10-17-14(15-2)18-13(11)16-7-6-12(20)19-8-4-3-5-9-19/h10H,3-9H2,1-2H3,(H2,15,16,17,18). The zero-order valence-corrected chi connectivity index (χ0v) is 12.3. The lowest BCUT2D eigenvalue weighted by atomic mass is 10.1. The summed E-state index contributed by atoms with van der Waals surface area (Å²) in [5, 5.41) is 6.13. The molecule has 1 aliphatic rings. The molecule has 0 spiro atoms. The van der Waals surface area contributed by atoms with Crippen molar-refractivity contribution in [2.24, 2.45) is 0 Å². The molecule has 0 unspecified atom stereocenters. The molecule has 1 saturated heterocycles. The summed E-state index contributed by atoms with van der Waals surface area (Å²) >= 11 is 0. The van der Waals surface area contributed by atoms with Gasteiger partial charge in [0.05, 0.1) is 0 Å². The number of carbonyl (C=O) groups excluding carboxylic acids is 1. The third-order valence-corrected chi connectivity index (χ3v) is 3.54. The Labute approximate surface area is 120 Å². The Morgan fingerprint density at radius 3 is 2.80 bits per heavy atom. The van der Waals surface area contributed by atoms with E-state index in [0.717, 1.165) is 37.3 Å². The first-order chi connectivity index (χ1) is 9.70. The number of anilines is 2. The predicted octanol–water partition coefficient (Wildman–Crippen LogP) is 1.64. The molecule has 0 aliphatic carbocycles. The van der Waals surface area contributed by atoms with Crippen molar-refractivity contribution in [2.45, 2.75) is 32.6 Å². The first-order valence-electron chi connectivity index (χ1n) is 7.23. The van der Waals surface area contributed by atoms with Gasteiger partial charge < -0.3 is 15.5 Å². The molecule has 0 saturated carbocycles. The summed E-state index contributed by atoms with van der Waals surface area (Å²) in [4.78, 5) is 22.5. The molecule has 6 heteroatoms. The van der Waals surface area contributed by atoms with Crippen molar-refractivity contribution in [1.29, 1.82) is 0 Å².